The van der Waals surface area contributed by atoms with Gasteiger partial charge in [-0.2, -0.15) is 5.90 Å². The number of amides is 2. The summed E-state index contributed by atoms with van der Waals surface area (Å²) < 4.78 is 21.6. The predicted molar refractivity (Wildman–Crippen MR) is 186 cm³/mol. The summed E-state index contributed by atoms with van der Waals surface area (Å²) in [4.78, 5) is 61.4. The van der Waals surface area contributed by atoms with Crippen LogP contribution in [0.4, 0.5) is 5.69 Å². The Hall–Kier alpha value is -3.72. The molecule has 2 N–H and O–H groups in total. The van der Waals surface area contributed by atoms with Gasteiger partial charge in [0.05, 0.1) is 23.9 Å². The Morgan fingerprint density at radius 2 is 1.76 bits per heavy atom. The summed E-state index contributed by atoms with van der Waals surface area (Å²) >= 11 is 3.59. The van der Waals surface area contributed by atoms with Gasteiger partial charge >= 0.3 is 5.97 Å². The Balaban J connectivity index is 0.000000295. The van der Waals surface area contributed by atoms with E-state index in [1.54, 1.807) is 25.9 Å². The van der Waals surface area contributed by atoms with Crippen LogP contribution in [0.1, 0.15) is 93.9 Å². The van der Waals surface area contributed by atoms with E-state index in [-0.39, 0.29) is 46.7 Å². The number of rotatable bonds is 13. The van der Waals surface area contributed by atoms with Gasteiger partial charge in [-0.15, -0.1) is 0 Å². The van der Waals surface area contributed by atoms with Crippen molar-refractivity contribution >= 4 is 45.2 Å². The van der Waals surface area contributed by atoms with Crippen molar-refractivity contribution in [3.8, 4) is 17.2 Å². The Labute approximate surface area is 296 Å². The minimum absolute atomic E-state index is 0.00878. The molecule has 4 rings (SSSR count). The van der Waals surface area contributed by atoms with E-state index in [2.05, 4.69) is 44.4 Å². The molecule has 2 aromatic rings. The van der Waals surface area contributed by atoms with Crippen molar-refractivity contribution in [3.63, 3.8) is 0 Å². The molecular weight excluding hydrogens is 702 g/mol. The maximum Gasteiger partial charge on any atom is 0.337 e. The molecule has 270 valence electrons. The summed E-state index contributed by atoms with van der Waals surface area (Å²) in [7, 11) is 2.90. The van der Waals surface area contributed by atoms with Gasteiger partial charge in [-0.05, 0) is 94.1 Å². The summed E-state index contributed by atoms with van der Waals surface area (Å²) in [6.45, 7) is 9.98. The summed E-state index contributed by atoms with van der Waals surface area (Å²) in [5.41, 5.74) is 1.47. The van der Waals surface area contributed by atoms with Crippen LogP contribution in [0.15, 0.2) is 34.8 Å². The molecule has 0 unspecified atom stereocenters. The second kappa shape index (κ2) is 18.9. The van der Waals surface area contributed by atoms with Gasteiger partial charge in [0, 0.05) is 42.9 Å². The SMILES string of the molecule is COC(=O)c1ccc(O[C@H](C)C(C)=O)c(OON)c1.COCCCN1C(=O)[C@@H](C)Oc2cc(Br)c(C(=O)N(C(C)C)C3CCCCC3)cc21. The number of anilines is 1. The molecule has 1 aliphatic heterocycles. The van der Waals surface area contributed by atoms with Crippen molar-refractivity contribution in [1.82, 2.24) is 4.90 Å². The van der Waals surface area contributed by atoms with Crippen LogP contribution in [-0.4, -0.2) is 80.1 Å². The number of ether oxygens (including phenoxy) is 4. The molecule has 0 bridgehead atoms. The van der Waals surface area contributed by atoms with E-state index in [4.69, 9.17) is 20.1 Å². The van der Waals surface area contributed by atoms with Crippen molar-refractivity contribution in [2.45, 2.75) is 97.4 Å². The molecule has 2 atom stereocenters. The van der Waals surface area contributed by atoms with Crippen molar-refractivity contribution in [2.75, 3.05) is 32.3 Å². The lowest BCUT2D eigenvalue weighted by Gasteiger charge is -2.38. The van der Waals surface area contributed by atoms with Crippen LogP contribution < -0.4 is 25.2 Å². The number of esters is 1. The molecule has 1 fully saturated rings. The van der Waals surface area contributed by atoms with E-state index >= 15 is 0 Å². The van der Waals surface area contributed by atoms with Gasteiger partial charge in [-0.1, -0.05) is 24.3 Å². The van der Waals surface area contributed by atoms with Gasteiger partial charge in [0.15, 0.2) is 23.7 Å². The van der Waals surface area contributed by atoms with Crippen LogP contribution in [0, 0.1) is 0 Å². The molecule has 13 nitrogen and oxygen atoms in total. The quantitative estimate of drug-likeness (QED) is 0.114. The number of Topliss-reactive ketones (excluding diaryl/α,β-unsaturated/α-hetero) is 1. The van der Waals surface area contributed by atoms with Gasteiger partial charge in [0.2, 0.25) is 5.75 Å². The molecule has 0 radical (unpaired) electrons. The second-order valence-corrected chi connectivity index (χ2v) is 13.1. The number of methoxy groups -OCH3 is 2. The number of hydrogen-bond acceptors (Lipinski definition) is 11. The van der Waals surface area contributed by atoms with Crippen molar-refractivity contribution in [3.05, 3.63) is 45.9 Å². The fraction of sp³-hybridized carbons (Fsp3) is 0.543. The smallest absolute Gasteiger partial charge is 0.337 e. The zero-order valence-corrected chi connectivity index (χ0v) is 30.9. The summed E-state index contributed by atoms with van der Waals surface area (Å²) in [6.07, 6.45) is 5.18. The Morgan fingerprint density at radius 3 is 2.35 bits per heavy atom. The molecule has 2 amide bonds. The van der Waals surface area contributed by atoms with Gasteiger partial charge in [-0.3, -0.25) is 14.4 Å². The number of hydrogen-bond donors (Lipinski definition) is 1. The lowest BCUT2D eigenvalue weighted by Crippen LogP contribution is -2.47. The highest BCUT2D eigenvalue weighted by Gasteiger charge is 2.35. The zero-order chi connectivity index (χ0) is 36.2. The molecule has 1 heterocycles. The number of nitrogens with zero attached hydrogens (tertiary/aromatic N) is 2. The lowest BCUT2D eigenvalue weighted by atomic mass is 9.92. The Morgan fingerprint density at radius 1 is 1.06 bits per heavy atom. The first-order valence-corrected chi connectivity index (χ1v) is 17.2. The number of halogens is 1. The molecule has 0 aromatic heterocycles. The second-order valence-electron chi connectivity index (χ2n) is 12.2. The average Bonchev–Trinajstić information content (AvgIpc) is 3.07. The maximum absolute atomic E-state index is 13.6. The van der Waals surface area contributed by atoms with Crippen molar-refractivity contribution in [1.29, 1.82) is 0 Å². The fourth-order valence-corrected chi connectivity index (χ4v) is 6.24. The van der Waals surface area contributed by atoms with E-state index in [1.165, 1.54) is 51.5 Å². The topological polar surface area (TPSA) is 156 Å². The highest BCUT2D eigenvalue weighted by molar-refractivity contribution is 9.10. The molecule has 0 saturated heterocycles. The molecule has 0 spiro atoms. The van der Waals surface area contributed by atoms with Crippen LogP contribution in [0.5, 0.6) is 17.2 Å². The van der Waals surface area contributed by atoms with Gasteiger partial charge in [0.1, 0.15) is 5.75 Å². The highest BCUT2D eigenvalue weighted by atomic mass is 79.9. The van der Waals surface area contributed by atoms with Gasteiger partial charge < -0.3 is 33.6 Å². The number of carbonyl (C=O) groups excluding carboxylic acids is 4. The Kier molecular flexibility index (Phi) is 15.3. The van der Waals surface area contributed by atoms with Crippen LogP contribution in [-0.2, 0) is 24.1 Å². The number of carbonyl (C=O) groups is 4. The first-order valence-electron chi connectivity index (χ1n) is 16.4. The molecular formula is C35H48BrN3O10. The third-order valence-corrected chi connectivity index (χ3v) is 9.01. The number of nitrogens with two attached hydrogens (primary N) is 1. The van der Waals surface area contributed by atoms with E-state index in [0.29, 0.717) is 41.0 Å². The van der Waals surface area contributed by atoms with Gasteiger partial charge in [-0.25, -0.2) is 4.79 Å². The molecule has 1 saturated carbocycles. The minimum Gasteiger partial charge on any atom is -0.479 e. The average molecular weight is 751 g/mol. The predicted octanol–water partition coefficient (Wildman–Crippen LogP) is 5.80. The molecule has 2 aromatic carbocycles. The van der Waals surface area contributed by atoms with Crippen molar-refractivity contribution in [2.24, 2.45) is 5.90 Å². The van der Waals surface area contributed by atoms with Crippen molar-refractivity contribution < 1.29 is 48.0 Å². The highest BCUT2D eigenvalue weighted by Crippen LogP contribution is 2.40. The zero-order valence-electron chi connectivity index (χ0n) is 29.3. The molecule has 2 aliphatic rings. The fourth-order valence-electron chi connectivity index (χ4n) is 5.75. The van der Waals surface area contributed by atoms with Crippen LogP contribution >= 0.6 is 15.9 Å². The monoisotopic (exact) mass is 749 g/mol. The maximum atomic E-state index is 13.6. The van der Waals surface area contributed by atoms with E-state index in [0.717, 1.165) is 12.8 Å². The normalized spacial score (nSPS) is 16.5. The summed E-state index contributed by atoms with van der Waals surface area (Å²) in [6, 6.07) is 8.28. The largest absolute Gasteiger partial charge is 0.479 e. The van der Waals surface area contributed by atoms with Crippen LogP contribution in [0.2, 0.25) is 0 Å². The number of benzene rings is 2. The number of fused-ring (bicyclic) bond motifs is 1. The first kappa shape index (κ1) is 39.7. The minimum atomic E-state index is -0.663. The summed E-state index contributed by atoms with van der Waals surface area (Å²) in [5.74, 6) is 4.95. The van der Waals surface area contributed by atoms with E-state index in [1.807, 2.05) is 17.0 Å². The lowest BCUT2D eigenvalue weighted by molar-refractivity contribution is -0.212. The molecule has 1 aliphatic carbocycles. The van der Waals surface area contributed by atoms with Crippen LogP contribution in [0.3, 0.4) is 0 Å². The van der Waals surface area contributed by atoms with E-state index < -0.39 is 18.2 Å². The van der Waals surface area contributed by atoms with Crippen LogP contribution in [0.25, 0.3) is 0 Å². The third-order valence-electron chi connectivity index (χ3n) is 8.36. The van der Waals surface area contributed by atoms with Gasteiger partial charge in [0.25, 0.3) is 11.8 Å². The molecule has 49 heavy (non-hydrogen) atoms. The standard InChI is InChI=1S/C23H33BrN2O4.C12H15NO6/c1-15(2)26(17-9-6-5-7-10-17)23(28)18-13-20-21(14-19(18)24)30-16(3)22(27)25(20)11-8-12-29-4;1-7(14)8(2)17-10-5-4-9(12(15)16-3)6-11(10)18-19-13/h13-17H,5-12H2,1-4H3;4-6,8H,13H2,1-3H3/t16-;8-/m11/s1. The van der Waals surface area contributed by atoms with E-state index in [9.17, 15) is 19.2 Å². The molecule has 14 heteroatoms. The summed E-state index contributed by atoms with van der Waals surface area (Å²) in [5, 5.41) is 0. The third kappa shape index (κ3) is 10.4. The Bertz CT molecular complexity index is 1460. The number of ketones is 1. The first-order chi connectivity index (χ1) is 23.3.